The lowest BCUT2D eigenvalue weighted by Crippen LogP contribution is -2.61. The van der Waals surface area contributed by atoms with Crippen molar-refractivity contribution in [3.05, 3.63) is 56.6 Å². The van der Waals surface area contributed by atoms with Crippen molar-refractivity contribution in [1.29, 1.82) is 0 Å². The number of aliphatic hydroxyl groups is 1. The summed E-state index contributed by atoms with van der Waals surface area (Å²) >= 11 is 0. The van der Waals surface area contributed by atoms with E-state index in [1.54, 1.807) is 13.8 Å². The molecule has 10 heteroatoms. The Morgan fingerprint density at radius 1 is 0.833 bits per heavy atom. The van der Waals surface area contributed by atoms with Crippen LogP contribution in [0.2, 0.25) is 0 Å². The SMILES string of the molecule is Cc1cc(O)c2c3c1C(=O)C[C@]1(O)Oc4c(c(O)c5c6c(c(O)cc(C)c46)C(=O)OC5)[C@]31COC2=O. The third-order valence-corrected chi connectivity index (χ3v) is 7.93. The lowest BCUT2D eigenvalue weighted by atomic mass is 9.59. The van der Waals surface area contributed by atoms with Gasteiger partial charge < -0.3 is 34.6 Å². The Kier molecular flexibility index (Phi) is 3.55. The molecular weight excluding hydrogens is 472 g/mol. The molecule has 1 aliphatic carbocycles. The van der Waals surface area contributed by atoms with Crippen molar-refractivity contribution in [3.8, 4) is 23.0 Å². The van der Waals surface area contributed by atoms with Gasteiger partial charge in [-0.3, -0.25) is 4.79 Å². The predicted molar refractivity (Wildman–Crippen MR) is 120 cm³/mol. The smallest absolute Gasteiger partial charge is 0.342 e. The summed E-state index contributed by atoms with van der Waals surface area (Å²) in [5.74, 6) is -5.63. The Hall–Kier alpha value is -4.31. The number of benzene rings is 3. The van der Waals surface area contributed by atoms with Gasteiger partial charge in [-0.05, 0) is 37.1 Å². The number of Topliss-reactive ketones (excluding diaryl/α,β-unsaturated/α-hetero) is 1. The third-order valence-electron chi connectivity index (χ3n) is 7.93. The topological polar surface area (TPSA) is 160 Å². The zero-order valence-corrected chi connectivity index (χ0v) is 19.0. The molecule has 0 bridgehead atoms. The molecule has 7 rings (SSSR count). The average Bonchev–Trinajstić information content (AvgIpc) is 3.04. The van der Waals surface area contributed by atoms with Gasteiger partial charge in [0.05, 0.1) is 12.0 Å². The first kappa shape index (κ1) is 21.0. The average molecular weight is 490 g/mol. The van der Waals surface area contributed by atoms with Crippen LogP contribution in [0, 0.1) is 13.8 Å². The van der Waals surface area contributed by atoms with Crippen molar-refractivity contribution in [2.45, 2.75) is 38.1 Å². The minimum Gasteiger partial charge on any atom is -0.507 e. The van der Waals surface area contributed by atoms with Gasteiger partial charge in [-0.1, -0.05) is 0 Å². The maximum absolute atomic E-state index is 13.3. The van der Waals surface area contributed by atoms with Gasteiger partial charge in [0, 0.05) is 27.5 Å². The van der Waals surface area contributed by atoms with Crippen molar-refractivity contribution in [2.75, 3.05) is 6.61 Å². The quantitative estimate of drug-likeness (QED) is 0.345. The summed E-state index contributed by atoms with van der Waals surface area (Å²) in [5, 5.41) is 45.4. The lowest BCUT2D eigenvalue weighted by Gasteiger charge is -2.47. The van der Waals surface area contributed by atoms with Gasteiger partial charge in [0.25, 0.3) is 0 Å². The molecule has 0 saturated carbocycles. The Morgan fingerprint density at radius 2 is 1.50 bits per heavy atom. The molecule has 3 heterocycles. The van der Waals surface area contributed by atoms with E-state index in [0.717, 1.165) is 0 Å². The van der Waals surface area contributed by atoms with Crippen LogP contribution < -0.4 is 4.74 Å². The number of carbonyl (C=O) groups excluding carboxylic acids is 3. The number of cyclic esters (lactones) is 2. The fourth-order valence-electron chi connectivity index (χ4n) is 6.51. The molecule has 182 valence electrons. The van der Waals surface area contributed by atoms with E-state index >= 15 is 0 Å². The van der Waals surface area contributed by atoms with Crippen LogP contribution in [0.5, 0.6) is 23.0 Å². The molecule has 36 heavy (non-hydrogen) atoms. The molecule has 1 spiro atoms. The molecule has 0 saturated heterocycles. The fraction of sp³-hybridized carbons (Fsp3) is 0.269. The number of esters is 2. The Labute approximate surface area is 202 Å². The first-order valence-corrected chi connectivity index (χ1v) is 11.2. The Bertz CT molecular complexity index is 1650. The standard InChI is InChI=1S/C26H18O10/c1-8-3-12(28)18-19-14(8)13(29)5-26(33)25(19,7-35-24(18)32)20-21(30)10-6-34-23(31)17-11(27)4-9(2)15(16(10)17)22(20)36-26/h3-4,27-28,30,33H,5-7H2,1-2H3/t25-,26-/m0/s1. The third kappa shape index (κ3) is 2.03. The number of hydrogen-bond donors (Lipinski definition) is 4. The van der Waals surface area contributed by atoms with Gasteiger partial charge in [0.15, 0.2) is 5.78 Å². The van der Waals surface area contributed by atoms with E-state index in [2.05, 4.69) is 0 Å². The number of hydrogen-bond acceptors (Lipinski definition) is 10. The molecule has 2 atom stereocenters. The van der Waals surface area contributed by atoms with Gasteiger partial charge in [0.2, 0.25) is 5.79 Å². The summed E-state index contributed by atoms with van der Waals surface area (Å²) in [6.45, 7) is 2.46. The van der Waals surface area contributed by atoms with Gasteiger partial charge >= 0.3 is 11.9 Å². The monoisotopic (exact) mass is 490 g/mol. The highest BCUT2D eigenvalue weighted by molar-refractivity contribution is 6.15. The van der Waals surface area contributed by atoms with E-state index in [-0.39, 0.29) is 56.9 Å². The first-order valence-electron chi connectivity index (χ1n) is 11.2. The van der Waals surface area contributed by atoms with Gasteiger partial charge in [-0.25, -0.2) is 9.59 Å². The highest BCUT2D eigenvalue weighted by atomic mass is 16.6. The molecule has 3 aromatic carbocycles. The molecular formula is C26H18O10. The predicted octanol–water partition coefficient (Wildman–Crippen LogP) is 2.37. The van der Waals surface area contributed by atoms with Gasteiger partial charge in [-0.2, -0.15) is 0 Å². The second kappa shape index (κ2) is 6.08. The molecule has 0 radical (unpaired) electrons. The Balaban J connectivity index is 1.72. The largest absolute Gasteiger partial charge is 0.507 e. The van der Waals surface area contributed by atoms with Crippen molar-refractivity contribution < 1.29 is 49.0 Å². The number of aromatic hydroxyl groups is 3. The number of ether oxygens (including phenoxy) is 3. The minimum atomic E-state index is -2.29. The normalized spacial score (nSPS) is 25.0. The number of fused-ring (bicyclic) bond motifs is 2. The minimum absolute atomic E-state index is 0.00672. The maximum atomic E-state index is 13.3. The van der Waals surface area contributed by atoms with Gasteiger partial charge in [-0.15, -0.1) is 0 Å². The summed E-state index contributed by atoms with van der Waals surface area (Å²) in [7, 11) is 0. The van der Waals surface area contributed by atoms with Crippen LogP contribution in [0.15, 0.2) is 12.1 Å². The van der Waals surface area contributed by atoms with Crippen LogP contribution in [0.1, 0.15) is 65.3 Å². The number of phenolic OH excluding ortho intramolecular Hbond substituents is 3. The van der Waals surface area contributed by atoms with Crippen molar-refractivity contribution >= 4 is 28.5 Å². The molecule has 0 amide bonds. The van der Waals surface area contributed by atoms with Crippen molar-refractivity contribution in [3.63, 3.8) is 0 Å². The number of phenols is 3. The van der Waals surface area contributed by atoms with Crippen molar-refractivity contribution in [2.24, 2.45) is 0 Å². The fourth-order valence-corrected chi connectivity index (χ4v) is 6.51. The summed E-state index contributed by atoms with van der Waals surface area (Å²) in [5.41, 5.74) is -0.942. The number of rotatable bonds is 0. The maximum Gasteiger partial charge on any atom is 0.342 e. The van der Waals surface area contributed by atoms with Crippen LogP contribution in [-0.4, -0.2) is 50.5 Å². The molecule has 0 fully saturated rings. The zero-order valence-electron chi connectivity index (χ0n) is 19.0. The van der Waals surface area contributed by atoms with Crippen LogP contribution in [0.25, 0.3) is 10.8 Å². The molecule has 0 aromatic heterocycles. The molecule has 4 aliphatic rings. The molecule has 4 N–H and O–H groups in total. The molecule has 3 aliphatic heterocycles. The van der Waals surface area contributed by atoms with Crippen molar-refractivity contribution in [1.82, 2.24) is 0 Å². The highest BCUT2D eigenvalue weighted by Crippen LogP contribution is 2.65. The lowest BCUT2D eigenvalue weighted by molar-refractivity contribution is -0.173. The summed E-state index contributed by atoms with van der Waals surface area (Å²) in [6, 6.07) is 2.63. The van der Waals surface area contributed by atoms with Gasteiger partial charge in [0.1, 0.15) is 52.8 Å². The van der Waals surface area contributed by atoms with E-state index in [1.807, 2.05) is 0 Å². The summed E-state index contributed by atoms with van der Waals surface area (Å²) in [4.78, 5) is 38.7. The van der Waals surface area contributed by atoms with E-state index in [9.17, 15) is 34.8 Å². The summed E-state index contributed by atoms with van der Waals surface area (Å²) < 4.78 is 16.8. The first-order chi connectivity index (χ1) is 17.0. The van der Waals surface area contributed by atoms with Crippen LogP contribution in [-0.2, 0) is 21.5 Å². The second-order valence-electron chi connectivity index (χ2n) is 9.75. The van der Waals surface area contributed by atoms with E-state index in [4.69, 9.17) is 14.2 Å². The molecule has 3 aromatic rings. The molecule has 10 nitrogen and oxygen atoms in total. The van der Waals surface area contributed by atoms with E-state index < -0.39 is 53.5 Å². The number of aryl methyl sites for hydroxylation is 2. The van der Waals surface area contributed by atoms with E-state index in [0.29, 0.717) is 16.5 Å². The van der Waals surface area contributed by atoms with Crippen LogP contribution in [0.4, 0.5) is 0 Å². The zero-order chi connectivity index (χ0) is 25.5. The highest BCUT2D eigenvalue weighted by Gasteiger charge is 2.70. The van der Waals surface area contributed by atoms with Crippen LogP contribution >= 0.6 is 0 Å². The summed E-state index contributed by atoms with van der Waals surface area (Å²) in [6.07, 6.45) is -0.521. The second-order valence-corrected chi connectivity index (χ2v) is 9.75. The van der Waals surface area contributed by atoms with Crippen LogP contribution in [0.3, 0.4) is 0 Å². The number of ketones is 1. The number of carbonyl (C=O) groups is 3. The van der Waals surface area contributed by atoms with E-state index in [1.165, 1.54) is 12.1 Å². The Morgan fingerprint density at radius 3 is 2.25 bits per heavy atom. The molecule has 0 unspecified atom stereocenters.